The fourth-order valence-corrected chi connectivity index (χ4v) is 4.95. The van der Waals surface area contributed by atoms with Crippen LogP contribution in [0.5, 0.6) is 0 Å². The van der Waals surface area contributed by atoms with Gasteiger partial charge < -0.3 is 18.3 Å². The Morgan fingerprint density at radius 2 is 1.62 bits per heavy atom. The van der Waals surface area contributed by atoms with Gasteiger partial charge in [0.15, 0.2) is 11.5 Å². The van der Waals surface area contributed by atoms with Crippen molar-refractivity contribution < 1.29 is 27.7 Å². The fraction of sp³-hybridized carbons (Fsp3) is 0.609. The van der Waals surface area contributed by atoms with Crippen molar-refractivity contribution >= 4 is 13.6 Å². The molecule has 0 saturated carbocycles. The van der Waals surface area contributed by atoms with Crippen molar-refractivity contribution in [2.24, 2.45) is 0 Å². The van der Waals surface area contributed by atoms with Crippen molar-refractivity contribution in [1.82, 2.24) is 10.1 Å². The van der Waals surface area contributed by atoms with Gasteiger partial charge in [0.1, 0.15) is 5.60 Å². The minimum Gasteiger partial charge on any atom is -0.459 e. The molecule has 9 heteroatoms. The SMILES string of the molecule is CCOP(=O)(OCC)C(Cc1nc(CCc2ccc(CC)cc2)no1)C(=O)OC(C)(C)C. The minimum atomic E-state index is -3.80. The second-order valence-corrected chi connectivity index (χ2v) is 10.6. The van der Waals surface area contributed by atoms with Crippen LogP contribution in [-0.2, 0) is 48.8 Å². The molecule has 1 aromatic carbocycles. The molecule has 0 aliphatic carbocycles. The fourth-order valence-electron chi connectivity index (χ4n) is 3.11. The summed E-state index contributed by atoms with van der Waals surface area (Å²) in [5, 5.41) is 4.02. The number of nitrogens with zero attached hydrogens (tertiary/aromatic N) is 2. The average molecular weight is 467 g/mol. The van der Waals surface area contributed by atoms with E-state index in [0.29, 0.717) is 12.2 Å². The molecule has 0 bridgehead atoms. The van der Waals surface area contributed by atoms with E-state index in [1.807, 2.05) is 0 Å². The number of aromatic nitrogens is 2. The summed E-state index contributed by atoms with van der Waals surface area (Å²) in [5.74, 6) is 0.0282. The topological polar surface area (TPSA) is 101 Å². The molecule has 2 rings (SSSR count). The molecule has 2 aromatic rings. The van der Waals surface area contributed by atoms with Crippen LogP contribution in [0.25, 0.3) is 0 Å². The second kappa shape index (κ2) is 11.7. The molecule has 0 fully saturated rings. The number of esters is 1. The van der Waals surface area contributed by atoms with Crippen LogP contribution in [0.15, 0.2) is 28.8 Å². The highest BCUT2D eigenvalue weighted by molar-refractivity contribution is 7.55. The predicted molar refractivity (Wildman–Crippen MR) is 122 cm³/mol. The van der Waals surface area contributed by atoms with Gasteiger partial charge in [-0.3, -0.25) is 9.36 Å². The van der Waals surface area contributed by atoms with Crippen molar-refractivity contribution in [3.63, 3.8) is 0 Å². The molecular weight excluding hydrogens is 431 g/mol. The van der Waals surface area contributed by atoms with Crippen LogP contribution in [0.3, 0.4) is 0 Å². The van der Waals surface area contributed by atoms with Crippen LogP contribution in [0.2, 0.25) is 0 Å². The van der Waals surface area contributed by atoms with E-state index in [0.717, 1.165) is 12.8 Å². The van der Waals surface area contributed by atoms with E-state index in [1.54, 1.807) is 34.6 Å². The molecule has 32 heavy (non-hydrogen) atoms. The molecule has 178 valence electrons. The van der Waals surface area contributed by atoms with Gasteiger partial charge in [-0.25, -0.2) is 0 Å². The Balaban J connectivity index is 2.15. The third kappa shape index (κ3) is 7.84. The summed E-state index contributed by atoms with van der Waals surface area (Å²) in [5.41, 5.74) is 0.511. The molecular formula is C23H35N2O6P. The molecule has 1 unspecified atom stereocenters. The van der Waals surface area contributed by atoms with Gasteiger partial charge in [0.2, 0.25) is 5.89 Å². The van der Waals surface area contributed by atoms with Crippen LogP contribution in [0.4, 0.5) is 0 Å². The van der Waals surface area contributed by atoms with Crippen molar-refractivity contribution in [1.29, 1.82) is 0 Å². The molecule has 0 aliphatic heterocycles. The van der Waals surface area contributed by atoms with Crippen LogP contribution in [0, 0.1) is 0 Å². The van der Waals surface area contributed by atoms with Gasteiger partial charge in [-0.05, 0) is 58.6 Å². The lowest BCUT2D eigenvalue weighted by Crippen LogP contribution is -2.34. The first kappa shape index (κ1) is 26.2. The predicted octanol–water partition coefficient (Wildman–Crippen LogP) is 4.94. The Morgan fingerprint density at radius 3 is 2.16 bits per heavy atom. The Bertz CT molecular complexity index is 894. The lowest BCUT2D eigenvalue weighted by atomic mass is 10.1. The van der Waals surface area contributed by atoms with E-state index in [9.17, 15) is 9.36 Å². The largest absolute Gasteiger partial charge is 0.459 e. The number of aryl methyl sites for hydroxylation is 3. The van der Waals surface area contributed by atoms with Crippen LogP contribution in [0.1, 0.15) is 64.4 Å². The number of rotatable bonds is 12. The van der Waals surface area contributed by atoms with Crippen molar-refractivity contribution in [2.75, 3.05) is 13.2 Å². The zero-order valence-corrected chi connectivity index (χ0v) is 20.8. The van der Waals surface area contributed by atoms with Gasteiger partial charge in [-0.1, -0.05) is 36.3 Å². The summed E-state index contributed by atoms with van der Waals surface area (Å²) in [6.07, 6.45) is 2.25. The lowest BCUT2D eigenvalue weighted by Gasteiger charge is -2.27. The molecule has 1 atom stereocenters. The summed E-state index contributed by atoms with van der Waals surface area (Å²) in [6.45, 7) is 11.0. The molecule has 1 aromatic heterocycles. The maximum atomic E-state index is 13.4. The molecule has 8 nitrogen and oxygen atoms in total. The zero-order chi connectivity index (χ0) is 23.8. The second-order valence-electron chi connectivity index (χ2n) is 8.40. The van der Waals surface area contributed by atoms with Gasteiger partial charge in [-0.15, -0.1) is 0 Å². The summed E-state index contributed by atoms with van der Waals surface area (Å²) in [7, 11) is -3.80. The quantitative estimate of drug-likeness (QED) is 0.320. The Morgan fingerprint density at radius 1 is 1.03 bits per heavy atom. The summed E-state index contributed by atoms with van der Waals surface area (Å²) in [4.78, 5) is 17.3. The van der Waals surface area contributed by atoms with Gasteiger partial charge in [0.05, 0.1) is 19.6 Å². The van der Waals surface area contributed by atoms with Crippen molar-refractivity contribution in [3.05, 3.63) is 47.1 Å². The number of hydrogen-bond donors (Lipinski definition) is 0. The molecule has 0 spiro atoms. The molecule has 0 N–H and O–H groups in total. The highest BCUT2D eigenvalue weighted by atomic mass is 31.2. The number of carbonyl (C=O) groups is 1. The van der Waals surface area contributed by atoms with Crippen LogP contribution in [-0.4, -0.2) is 40.6 Å². The summed E-state index contributed by atoms with van der Waals surface area (Å²) < 4.78 is 35.0. The number of benzene rings is 1. The van der Waals surface area contributed by atoms with E-state index < -0.39 is 24.8 Å². The van der Waals surface area contributed by atoms with Crippen molar-refractivity contribution in [2.45, 2.75) is 78.5 Å². The van der Waals surface area contributed by atoms with E-state index >= 15 is 0 Å². The maximum absolute atomic E-state index is 13.4. The van der Waals surface area contributed by atoms with Crippen LogP contribution < -0.4 is 0 Å². The lowest BCUT2D eigenvalue weighted by molar-refractivity contribution is -0.154. The summed E-state index contributed by atoms with van der Waals surface area (Å²) in [6, 6.07) is 8.42. The first-order valence-corrected chi connectivity index (χ1v) is 12.7. The molecule has 0 aliphatic rings. The third-order valence-corrected chi connectivity index (χ3v) is 7.02. The van der Waals surface area contributed by atoms with Crippen LogP contribution >= 0.6 is 7.60 Å². The monoisotopic (exact) mass is 466 g/mol. The molecule has 1 heterocycles. The number of hydrogen-bond acceptors (Lipinski definition) is 8. The minimum absolute atomic E-state index is 0.0929. The molecule has 0 amide bonds. The van der Waals surface area contributed by atoms with E-state index in [2.05, 4.69) is 41.3 Å². The first-order valence-electron chi connectivity index (χ1n) is 11.1. The standard InChI is InChI=1S/C23H35N2O6P/c1-7-17-10-12-18(13-11-17)14-15-20-24-21(31-25-20)16-19(22(26)30-23(4,5)6)32(27,28-8-2)29-9-3/h10-13,19H,7-9,14-16H2,1-6H3. The molecule has 0 radical (unpaired) electrons. The van der Waals surface area contributed by atoms with Gasteiger partial charge in [0.25, 0.3) is 0 Å². The summed E-state index contributed by atoms with van der Waals surface area (Å²) >= 11 is 0. The van der Waals surface area contributed by atoms with Gasteiger partial charge in [0, 0.05) is 6.42 Å². The smallest absolute Gasteiger partial charge is 0.345 e. The first-order chi connectivity index (χ1) is 15.1. The van der Waals surface area contributed by atoms with E-state index in [1.165, 1.54) is 11.1 Å². The molecule has 0 saturated heterocycles. The van der Waals surface area contributed by atoms with Gasteiger partial charge >= 0.3 is 13.6 Å². The number of carbonyl (C=O) groups excluding carboxylic acids is 1. The van der Waals surface area contributed by atoms with Gasteiger partial charge in [-0.2, -0.15) is 4.98 Å². The van der Waals surface area contributed by atoms with Crippen molar-refractivity contribution in [3.8, 4) is 0 Å². The Kier molecular flexibility index (Phi) is 9.62. The highest BCUT2D eigenvalue weighted by Crippen LogP contribution is 2.54. The normalized spacial score (nSPS) is 13.2. The Labute approximate surface area is 190 Å². The zero-order valence-electron chi connectivity index (χ0n) is 19.9. The maximum Gasteiger partial charge on any atom is 0.345 e. The van der Waals surface area contributed by atoms with E-state index in [-0.39, 0.29) is 25.5 Å². The number of ether oxygens (including phenoxy) is 1. The third-order valence-electron chi connectivity index (χ3n) is 4.63. The Hall–Kier alpha value is -2.02. The highest BCUT2D eigenvalue weighted by Gasteiger charge is 2.44. The van der Waals surface area contributed by atoms with E-state index in [4.69, 9.17) is 18.3 Å². The average Bonchev–Trinajstić information content (AvgIpc) is 3.17.